The molecule has 168 valence electrons. The van der Waals surface area contributed by atoms with Crippen molar-refractivity contribution in [2.45, 2.75) is 32.0 Å². The normalized spacial score (nSPS) is 16.8. The highest BCUT2D eigenvalue weighted by Gasteiger charge is 2.37. The third-order valence-corrected chi connectivity index (χ3v) is 5.59. The maximum Gasteiger partial charge on any atom is 0.418 e. The van der Waals surface area contributed by atoms with Crippen molar-refractivity contribution in [2.24, 2.45) is 5.73 Å². The summed E-state index contributed by atoms with van der Waals surface area (Å²) in [5, 5.41) is 2.77. The summed E-state index contributed by atoms with van der Waals surface area (Å²) in [4.78, 5) is 23.7. The smallest absolute Gasteiger partial charge is 0.369 e. The number of benzene rings is 1. The van der Waals surface area contributed by atoms with E-state index in [1.807, 2.05) is 19.0 Å². The molecule has 11 heteroatoms. The molecule has 7 nitrogen and oxygen atoms in total. The van der Waals surface area contributed by atoms with Crippen LogP contribution in [0.1, 0.15) is 35.1 Å². The van der Waals surface area contributed by atoms with Gasteiger partial charge in [-0.05, 0) is 45.1 Å². The molecule has 1 saturated heterocycles. The maximum atomic E-state index is 13.9. The van der Waals surface area contributed by atoms with E-state index in [1.165, 1.54) is 12.1 Å². The molecule has 1 aliphatic rings. The van der Waals surface area contributed by atoms with Gasteiger partial charge in [-0.1, -0.05) is 18.5 Å². The highest BCUT2D eigenvalue weighted by Crippen LogP contribution is 2.40. The van der Waals surface area contributed by atoms with Crippen molar-refractivity contribution < 1.29 is 18.0 Å². The van der Waals surface area contributed by atoms with E-state index in [2.05, 4.69) is 15.3 Å². The van der Waals surface area contributed by atoms with Gasteiger partial charge in [0, 0.05) is 30.5 Å². The number of nitrogens with zero attached hydrogens (tertiary/aromatic N) is 4. The molecule has 2 aromatic rings. The number of likely N-dealkylation sites (N-methyl/N-ethyl adjacent to an activating group) is 1. The predicted octanol–water partition coefficient (Wildman–Crippen LogP) is 3.69. The summed E-state index contributed by atoms with van der Waals surface area (Å²) in [6, 6.07) is 4.10. The Morgan fingerprint density at radius 2 is 2.06 bits per heavy atom. The van der Waals surface area contributed by atoms with Crippen molar-refractivity contribution >= 4 is 34.7 Å². The standard InChI is InChI=1S/C20H24ClF3N6O/c1-4-14-17(21)28-19(16(27-14)18(25)31)26-11-5-6-15(13(9-11)20(22,23)24)30-8-7-12(10-30)29(2)3/h5-6,9,12H,4,7-8,10H2,1-3H3,(H2,25,31)(H,26,28). The van der Waals surface area contributed by atoms with Crippen molar-refractivity contribution in [1.29, 1.82) is 0 Å². The Kier molecular flexibility index (Phi) is 6.61. The molecular weight excluding hydrogens is 433 g/mol. The second kappa shape index (κ2) is 8.88. The maximum absolute atomic E-state index is 13.9. The molecule has 3 N–H and O–H groups in total. The van der Waals surface area contributed by atoms with Gasteiger partial charge in [0.1, 0.15) is 0 Å². The third-order valence-electron chi connectivity index (χ3n) is 5.29. The summed E-state index contributed by atoms with van der Waals surface area (Å²) in [7, 11) is 3.83. The van der Waals surface area contributed by atoms with Gasteiger partial charge >= 0.3 is 6.18 Å². The van der Waals surface area contributed by atoms with Gasteiger partial charge in [-0.25, -0.2) is 9.97 Å². The van der Waals surface area contributed by atoms with E-state index in [0.29, 0.717) is 25.2 Å². The van der Waals surface area contributed by atoms with Crippen LogP contribution in [0.4, 0.5) is 30.4 Å². The van der Waals surface area contributed by atoms with Gasteiger partial charge in [-0.2, -0.15) is 13.2 Å². The zero-order valence-electron chi connectivity index (χ0n) is 17.4. The first-order chi connectivity index (χ1) is 14.5. The molecule has 0 bridgehead atoms. The van der Waals surface area contributed by atoms with E-state index >= 15 is 0 Å². The molecule has 1 aliphatic heterocycles. The average molecular weight is 457 g/mol. The van der Waals surface area contributed by atoms with Gasteiger partial charge < -0.3 is 20.9 Å². The van der Waals surface area contributed by atoms with Crippen LogP contribution in [0.15, 0.2) is 18.2 Å². The van der Waals surface area contributed by atoms with Crippen LogP contribution in [-0.4, -0.2) is 54.0 Å². The van der Waals surface area contributed by atoms with Crippen LogP contribution in [0.3, 0.4) is 0 Å². The number of halogens is 4. The molecule has 3 rings (SSSR count). The average Bonchev–Trinajstić information content (AvgIpc) is 3.17. The van der Waals surface area contributed by atoms with Crippen LogP contribution < -0.4 is 16.0 Å². The zero-order valence-corrected chi connectivity index (χ0v) is 18.2. The molecule has 0 spiro atoms. The monoisotopic (exact) mass is 456 g/mol. The summed E-state index contributed by atoms with van der Waals surface area (Å²) in [6.07, 6.45) is -3.36. The van der Waals surface area contributed by atoms with Crippen molar-refractivity contribution in [3.63, 3.8) is 0 Å². The Balaban J connectivity index is 1.98. The number of primary amides is 1. The van der Waals surface area contributed by atoms with Crippen LogP contribution in [0.5, 0.6) is 0 Å². The van der Waals surface area contributed by atoms with Crippen LogP contribution in [0.25, 0.3) is 0 Å². The fourth-order valence-corrected chi connectivity index (χ4v) is 3.83. The number of nitrogens with two attached hydrogens (primary N) is 1. The molecule has 2 heterocycles. The van der Waals surface area contributed by atoms with E-state index in [1.54, 1.807) is 11.8 Å². The minimum Gasteiger partial charge on any atom is -0.369 e. The third kappa shape index (κ3) is 5.01. The molecule has 0 radical (unpaired) electrons. The van der Waals surface area contributed by atoms with Crippen molar-refractivity contribution in [2.75, 3.05) is 37.4 Å². The first-order valence-electron chi connectivity index (χ1n) is 9.77. The van der Waals surface area contributed by atoms with Gasteiger partial charge in [0.05, 0.1) is 11.3 Å². The molecule has 0 aliphatic carbocycles. The summed E-state index contributed by atoms with van der Waals surface area (Å²) < 4.78 is 41.6. The first kappa shape index (κ1) is 23.1. The van der Waals surface area contributed by atoms with Gasteiger partial charge in [-0.15, -0.1) is 0 Å². The highest BCUT2D eigenvalue weighted by atomic mass is 35.5. The van der Waals surface area contributed by atoms with Crippen molar-refractivity contribution in [1.82, 2.24) is 14.9 Å². The number of carbonyl (C=O) groups is 1. The lowest BCUT2D eigenvalue weighted by Crippen LogP contribution is -2.32. The highest BCUT2D eigenvalue weighted by molar-refractivity contribution is 6.30. The van der Waals surface area contributed by atoms with Crippen molar-refractivity contribution in [3.05, 3.63) is 40.3 Å². The zero-order chi connectivity index (χ0) is 22.9. The summed E-state index contributed by atoms with van der Waals surface area (Å²) in [6.45, 7) is 2.82. The second-order valence-corrected chi connectivity index (χ2v) is 7.94. The summed E-state index contributed by atoms with van der Waals surface area (Å²) >= 11 is 6.07. The Morgan fingerprint density at radius 3 is 2.61 bits per heavy atom. The van der Waals surface area contributed by atoms with Crippen LogP contribution in [-0.2, 0) is 12.6 Å². The number of aryl methyl sites for hydroxylation is 1. The Labute approximate surface area is 183 Å². The SMILES string of the molecule is CCc1nc(C(N)=O)c(Nc2ccc(N3CCC(N(C)C)C3)c(C(F)(F)F)c2)nc1Cl. The summed E-state index contributed by atoms with van der Waals surface area (Å²) in [5.74, 6) is -0.953. The van der Waals surface area contributed by atoms with Gasteiger partial charge in [0.15, 0.2) is 16.7 Å². The van der Waals surface area contributed by atoms with E-state index < -0.39 is 17.6 Å². The van der Waals surface area contributed by atoms with Crippen LogP contribution in [0.2, 0.25) is 5.15 Å². The largest absolute Gasteiger partial charge is 0.418 e. The number of aromatic nitrogens is 2. The second-order valence-electron chi connectivity index (χ2n) is 7.58. The molecule has 1 aromatic heterocycles. The molecule has 1 unspecified atom stereocenters. The lowest BCUT2D eigenvalue weighted by molar-refractivity contribution is -0.137. The number of rotatable bonds is 6. The fraction of sp³-hybridized carbons (Fsp3) is 0.450. The number of amides is 1. The van der Waals surface area contributed by atoms with Gasteiger partial charge in [0.25, 0.3) is 5.91 Å². The molecule has 1 aromatic carbocycles. The first-order valence-corrected chi connectivity index (χ1v) is 10.1. The molecule has 0 saturated carbocycles. The van der Waals surface area contributed by atoms with Crippen LogP contribution >= 0.6 is 11.6 Å². The predicted molar refractivity (Wildman–Crippen MR) is 114 cm³/mol. The molecule has 1 amide bonds. The van der Waals surface area contributed by atoms with E-state index in [0.717, 1.165) is 12.5 Å². The number of anilines is 3. The summed E-state index contributed by atoms with van der Waals surface area (Å²) in [5.41, 5.74) is 4.99. The number of carbonyl (C=O) groups excluding carboxylic acids is 1. The lowest BCUT2D eigenvalue weighted by atomic mass is 10.1. The number of nitrogens with one attached hydrogen (secondary N) is 1. The topological polar surface area (TPSA) is 87.4 Å². The molecular formula is C20H24ClF3N6O. The number of alkyl halides is 3. The Hall–Kier alpha value is -2.59. The number of hydrogen-bond acceptors (Lipinski definition) is 6. The lowest BCUT2D eigenvalue weighted by Gasteiger charge is -2.25. The van der Waals surface area contributed by atoms with Crippen molar-refractivity contribution in [3.8, 4) is 0 Å². The van der Waals surface area contributed by atoms with E-state index in [4.69, 9.17) is 17.3 Å². The molecule has 1 fully saturated rings. The van der Waals surface area contributed by atoms with Gasteiger partial charge in [0.2, 0.25) is 0 Å². The molecule has 1 atom stereocenters. The van der Waals surface area contributed by atoms with E-state index in [-0.39, 0.29) is 34.1 Å². The van der Waals surface area contributed by atoms with Gasteiger partial charge in [-0.3, -0.25) is 4.79 Å². The number of hydrogen-bond donors (Lipinski definition) is 2. The van der Waals surface area contributed by atoms with Crippen LogP contribution in [0, 0.1) is 0 Å². The Morgan fingerprint density at radius 1 is 1.35 bits per heavy atom. The molecule has 31 heavy (non-hydrogen) atoms. The minimum absolute atomic E-state index is 0.0504. The minimum atomic E-state index is -4.56. The quantitative estimate of drug-likeness (QED) is 0.689. The van der Waals surface area contributed by atoms with E-state index in [9.17, 15) is 18.0 Å². The fourth-order valence-electron chi connectivity index (χ4n) is 3.57. The Bertz CT molecular complexity index is 982.